The van der Waals surface area contributed by atoms with Crippen LogP contribution < -0.4 is 0 Å². The molecule has 0 amide bonds. The molecule has 1 aromatic rings. The molecule has 0 aliphatic heterocycles. The summed E-state index contributed by atoms with van der Waals surface area (Å²) in [5, 5.41) is 0. The highest BCUT2D eigenvalue weighted by atomic mass is 16.5. The normalized spacial score (nSPS) is 9.93. The van der Waals surface area contributed by atoms with Gasteiger partial charge in [-0.25, -0.2) is 9.97 Å². The van der Waals surface area contributed by atoms with Crippen LogP contribution in [0.2, 0.25) is 0 Å². The van der Waals surface area contributed by atoms with Gasteiger partial charge >= 0.3 is 5.97 Å². The smallest absolute Gasteiger partial charge is 0.305 e. The second kappa shape index (κ2) is 6.92. The van der Waals surface area contributed by atoms with Crippen molar-refractivity contribution in [1.82, 2.24) is 9.97 Å². The van der Waals surface area contributed by atoms with E-state index >= 15 is 0 Å². The van der Waals surface area contributed by atoms with Gasteiger partial charge in [0.2, 0.25) is 0 Å². The van der Waals surface area contributed by atoms with Crippen molar-refractivity contribution in [2.24, 2.45) is 0 Å². The summed E-state index contributed by atoms with van der Waals surface area (Å²) in [6, 6.07) is 1.92. The van der Waals surface area contributed by atoms with E-state index in [0.717, 1.165) is 31.4 Å². The number of methoxy groups -OCH3 is 1. The van der Waals surface area contributed by atoms with Crippen LogP contribution in [0.5, 0.6) is 0 Å². The number of esters is 1. The predicted molar refractivity (Wildman–Crippen MR) is 56.2 cm³/mol. The van der Waals surface area contributed by atoms with Gasteiger partial charge in [0.05, 0.1) is 7.11 Å². The molecule has 0 aromatic carbocycles. The SMILES string of the molecule is COC(=O)CCCCCc1ccncn1. The van der Waals surface area contributed by atoms with Crippen LogP contribution in [0.25, 0.3) is 0 Å². The van der Waals surface area contributed by atoms with E-state index in [4.69, 9.17) is 0 Å². The van der Waals surface area contributed by atoms with Crippen molar-refractivity contribution >= 4 is 5.97 Å². The standard InChI is InChI=1S/C11H16N2O2/c1-15-11(14)6-4-2-3-5-10-7-8-12-9-13-10/h7-9H,2-6H2,1H3. The lowest BCUT2D eigenvalue weighted by Gasteiger charge is -2.00. The molecule has 0 fully saturated rings. The summed E-state index contributed by atoms with van der Waals surface area (Å²) in [6.07, 6.45) is 7.73. The number of carbonyl (C=O) groups is 1. The molecule has 15 heavy (non-hydrogen) atoms. The van der Waals surface area contributed by atoms with Gasteiger partial charge in [-0.15, -0.1) is 0 Å². The molecule has 0 unspecified atom stereocenters. The minimum Gasteiger partial charge on any atom is -0.469 e. The minimum absolute atomic E-state index is 0.128. The van der Waals surface area contributed by atoms with Crippen LogP contribution in [0.4, 0.5) is 0 Å². The molecule has 0 spiro atoms. The first kappa shape index (κ1) is 11.6. The number of ether oxygens (including phenoxy) is 1. The molecule has 1 heterocycles. The maximum absolute atomic E-state index is 10.8. The average Bonchev–Trinajstić information content (AvgIpc) is 2.29. The number of carbonyl (C=O) groups excluding carboxylic acids is 1. The fourth-order valence-electron chi connectivity index (χ4n) is 1.32. The van der Waals surface area contributed by atoms with Crippen molar-refractivity contribution < 1.29 is 9.53 Å². The molecule has 0 atom stereocenters. The summed E-state index contributed by atoms with van der Waals surface area (Å²) in [5.74, 6) is -0.128. The number of unbranched alkanes of at least 4 members (excludes halogenated alkanes) is 2. The lowest BCUT2D eigenvalue weighted by atomic mass is 10.1. The van der Waals surface area contributed by atoms with Gasteiger partial charge in [0.25, 0.3) is 0 Å². The highest BCUT2D eigenvalue weighted by molar-refractivity contribution is 5.68. The van der Waals surface area contributed by atoms with Crippen molar-refractivity contribution in [3.05, 3.63) is 24.3 Å². The van der Waals surface area contributed by atoms with Crippen molar-refractivity contribution in [3.8, 4) is 0 Å². The number of aromatic nitrogens is 2. The number of aryl methyl sites for hydroxylation is 1. The zero-order valence-electron chi connectivity index (χ0n) is 8.98. The van der Waals surface area contributed by atoms with Crippen molar-refractivity contribution in [1.29, 1.82) is 0 Å². The fraction of sp³-hybridized carbons (Fsp3) is 0.545. The summed E-state index contributed by atoms with van der Waals surface area (Å²) < 4.78 is 4.56. The molecule has 0 aliphatic carbocycles. The van der Waals surface area contributed by atoms with Gasteiger partial charge in [0.15, 0.2) is 0 Å². The molecular weight excluding hydrogens is 192 g/mol. The molecule has 82 valence electrons. The third kappa shape index (κ3) is 5.10. The Balaban J connectivity index is 2.05. The topological polar surface area (TPSA) is 52.1 Å². The Kier molecular flexibility index (Phi) is 5.37. The van der Waals surface area contributed by atoms with Crippen LogP contribution in [-0.4, -0.2) is 23.0 Å². The molecular formula is C11H16N2O2. The van der Waals surface area contributed by atoms with E-state index in [-0.39, 0.29) is 5.97 Å². The van der Waals surface area contributed by atoms with Crippen LogP contribution in [-0.2, 0) is 16.0 Å². The Labute approximate surface area is 89.7 Å². The monoisotopic (exact) mass is 208 g/mol. The van der Waals surface area contributed by atoms with Gasteiger partial charge < -0.3 is 4.74 Å². The van der Waals surface area contributed by atoms with Crippen LogP contribution in [0.15, 0.2) is 18.6 Å². The lowest BCUT2D eigenvalue weighted by molar-refractivity contribution is -0.140. The number of hydrogen-bond acceptors (Lipinski definition) is 4. The molecule has 0 aliphatic rings. The zero-order chi connectivity index (χ0) is 10.9. The maximum atomic E-state index is 10.8. The molecule has 0 saturated heterocycles. The first-order chi connectivity index (χ1) is 7.33. The van der Waals surface area contributed by atoms with E-state index in [9.17, 15) is 4.79 Å². The third-order valence-electron chi connectivity index (χ3n) is 2.18. The van der Waals surface area contributed by atoms with Crippen LogP contribution in [0.3, 0.4) is 0 Å². The van der Waals surface area contributed by atoms with E-state index < -0.39 is 0 Å². The second-order valence-electron chi connectivity index (χ2n) is 3.34. The van der Waals surface area contributed by atoms with Crippen LogP contribution in [0, 0.1) is 0 Å². The largest absolute Gasteiger partial charge is 0.469 e. The summed E-state index contributed by atoms with van der Waals surface area (Å²) in [7, 11) is 1.42. The molecule has 0 bridgehead atoms. The van der Waals surface area contributed by atoms with Crippen molar-refractivity contribution in [2.75, 3.05) is 7.11 Å². The van der Waals surface area contributed by atoms with Gasteiger partial charge in [0.1, 0.15) is 6.33 Å². The second-order valence-corrected chi connectivity index (χ2v) is 3.34. The third-order valence-corrected chi connectivity index (χ3v) is 2.18. The number of hydrogen-bond donors (Lipinski definition) is 0. The van der Waals surface area contributed by atoms with Crippen molar-refractivity contribution in [3.63, 3.8) is 0 Å². The highest BCUT2D eigenvalue weighted by Gasteiger charge is 1.99. The zero-order valence-corrected chi connectivity index (χ0v) is 8.98. The van der Waals surface area contributed by atoms with Crippen LogP contribution >= 0.6 is 0 Å². The van der Waals surface area contributed by atoms with E-state index in [2.05, 4.69) is 14.7 Å². The molecule has 4 heteroatoms. The quantitative estimate of drug-likeness (QED) is 0.528. The Bertz CT molecular complexity index is 288. The molecule has 4 nitrogen and oxygen atoms in total. The predicted octanol–water partition coefficient (Wildman–Crippen LogP) is 1.75. The van der Waals surface area contributed by atoms with E-state index in [0.29, 0.717) is 6.42 Å². The first-order valence-electron chi connectivity index (χ1n) is 5.14. The summed E-state index contributed by atoms with van der Waals surface area (Å²) in [6.45, 7) is 0. The van der Waals surface area contributed by atoms with Crippen molar-refractivity contribution in [2.45, 2.75) is 32.1 Å². The fourth-order valence-corrected chi connectivity index (χ4v) is 1.32. The maximum Gasteiger partial charge on any atom is 0.305 e. The average molecular weight is 208 g/mol. The van der Waals surface area contributed by atoms with E-state index in [1.807, 2.05) is 6.07 Å². The highest BCUT2D eigenvalue weighted by Crippen LogP contribution is 2.05. The summed E-state index contributed by atoms with van der Waals surface area (Å²) in [5.41, 5.74) is 1.06. The Hall–Kier alpha value is -1.45. The van der Waals surface area contributed by atoms with Gasteiger partial charge in [-0.1, -0.05) is 6.42 Å². The number of rotatable bonds is 6. The Morgan fingerprint density at radius 3 is 2.93 bits per heavy atom. The lowest BCUT2D eigenvalue weighted by Crippen LogP contribution is -1.99. The Morgan fingerprint density at radius 1 is 1.40 bits per heavy atom. The van der Waals surface area contributed by atoms with E-state index in [1.165, 1.54) is 7.11 Å². The minimum atomic E-state index is -0.128. The molecule has 0 radical (unpaired) electrons. The molecule has 0 saturated carbocycles. The number of nitrogens with zero attached hydrogens (tertiary/aromatic N) is 2. The molecule has 1 rings (SSSR count). The summed E-state index contributed by atoms with van der Waals surface area (Å²) >= 11 is 0. The Morgan fingerprint density at radius 2 is 2.27 bits per heavy atom. The van der Waals surface area contributed by atoms with Gasteiger partial charge in [0, 0.05) is 18.3 Å². The first-order valence-corrected chi connectivity index (χ1v) is 5.14. The van der Waals surface area contributed by atoms with E-state index in [1.54, 1.807) is 12.5 Å². The van der Waals surface area contributed by atoms with Gasteiger partial charge in [-0.3, -0.25) is 4.79 Å². The summed E-state index contributed by atoms with van der Waals surface area (Å²) in [4.78, 5) is 18.8. The van der Waals surface area contributed by atoms with Gasteiger partial charge in [-0.05, 0) is 25.3 Å². The van der Waals surface area contributed by atoms with Crippen LogP contribution in [0.1, 0.15) is 31.4 Å². The van der Waals surface area contributed by atoms with Gasteiger partial charge in [-0.2, -0.15) is 0 Å². The molecule has 0 N–H and O–H groups in total. The molecule has 1 aromatic heterocycles.